The zero-order valence-corrected chi connectivity index (χ0v) is 18.8. The minimum absolute atomic E-state index is 0.0789. The fraction of sp³-hybridized carbons (Fsp3) is 0.333. The Morgan fingerprint density at radius 1 is 1.06 bits per heavy atom. The molecule has 1 aliphatic heterocycles. The summed E-state index contributed by atoms with van der Waals surface area (Å²) >= 11 is 12.2. The van der Waals surface area contributed by atoms with Crippen LogP contribution in [0.3, 0.4) is 0 Å². The van der Waals surface area contributed by atoms with E-state index in [0.717, 1.165) is 12.3 Å². The fourth-order valence-corrected chi connectivity index (χ4v) is 3.85. The van der Waals surface area contributed by atoms with Gasteiger partial charge in [0, 0.05) is 38.5 Å². The van der Waals surface area contributed by atoms with Crippen molar-refractivity contribution in [2.75, 3.05) is 45.3 Å². The highest BCUT2D eigenvalue weighted by Gasteiger charge is 2.32. The van der Waals surface area contributed by atoms with Crippen LogP contribution < -0.4 is 14.4 Å². The van der Waals surface area contributed by atoms with Gasteiger partial charge in [0.05, 0.1) is 29.8 Å². The first-order valence-corrected chi connectivity index (χ1v) is 10.3. The molecule has 172 valence electrons. The quantitative estimate of drug-likeness (QED) is 0.565. The molecule has 1 saturated heterocycles. The van der Waals surface area contributed by atoms with Gasteiger partial charge in [-0.1, -0.05) is 23.2 Å². The number of carbonyl (C=O) groups is 1. The molecule has 1 aromatic carbocycles. The summed E-state index contributed by atoms with van der Waals surface area (Å²) in [4.78, 5) is 19.8. The Morgan fingerprint density at radius 2 is 1.75 bits per heavy atom. The molecule has 0 aliphatic carbocycles. The van der Waals surface area contributed by atoms with Crippen LogP contribution in [0.1, 0.15) is 11.1 Å². The normalized spacial score (nSPS) is 14.7. The molecule has 2 aromatic rings. The van der Waals surface area contributed by atoms with Gasteiger partial charge in [0.25, 0.3) is 0 Å². The maximum absolute atomic E-state index is 12.8. The molecule has 1 aliphatic rings. The smallest absolute Gasteiger partial charge is 0.417 e. The molecule has 0 bridgehead atoms. The lowest BCUT2D eigenvalue weighted by Crippen LogP contribution is -2.48. The molecule has 0 saturated carbocycles. The molecule has 0 atom stereocenters. The van der Waals surface area contributed by atoms with E-state index in [-0.39, 0.29) is 16.7 Å². The number of halogens is 5. The number of nitrogens with zero attached hydrogens (tertiary/aromatic N) is 3. The SMILES string of the molecule is COc1cc(/C=C/C(=O)N2CCN(c3ncc(C(F)(F)F)cc3Cl)CC2)cc(Cl)c1OC. The van der Waals surface area contributed by atoms with Crippen molar-refractivity contribution in [2.24, 2.45) is 0 Å². The second kappa shape index (κ2) is 9.87. The van der Waals surface area contributed by atoms with Gasteiger partial charge in [0.1, 0.15) is 5.82 Å². The first-order valence-electron chi connectivity index (χ1n) is 9.50. The van der Waals surface area contributed by atoms with Gasteiger partial charge in [-0.05, 0) is 29.8 Å². The Kier molecular flexibility index (Phi) is 7.40. The van der Waals surface area contributed by atoms with Crippen LogP contribution in [-0.4, -0.2) is 56.2 Å². The number of pyridine rings is 1. The van der Waals surface area contributed by atoms with Crippen molar-refractivity contribution >= 4 is 41.0 Å². The van der Waals surface area contributed by atoms with Gasteiger partial charge >= 0.3 is 6.18 Å². The summed E-state index contributed by atoms with van der Waals surface area (Å²) in [7, 11) is 2.97. The van der Waals surface area contributed by atoms with Crippen LogP contribution in [0.4, 0.5) is 19.0 Å². The van der Waals surface area contributed by atoms with Crippen molar-refractivity contribution in [3.63, 3.8) is 0 Å². The van der Waals surface area contributed by atoms with Crippen LogP contribution in [0.15, 0.2) is 30.5 Å². The highest BCUT2D eigenvalue weighted by Crippen LogP contribution is 2.36. The lowest BCUT2D eigenvalue weighted by Gasteiger charge is -2.35. The number of hydrogen-bond donors (Lipinski definition) is 0. The lowest BCUT2D eigenvalue weighted by atomic mass is 10.1. The molecule has 6 nitrogen and oxygen atoms in total. The van der Waals surface area contributed by atoms with Gasteiger partial charge in [-0.15, -0.1) is 0 Å². The minimum atomic E-state index is -4.51. The highest BCUT2D eigenvalue weighted by atomic mass is 35.5. The molecule has 2 heterocycles. The molecule has 1 amide bonds. The molecule has 0 unspecified atom stereocenters. The van der Waals surface area contributed by atoms with E-state index < -0.39 is 11.7 Å². The largest absolute Gasteiger partial charge is 0.493 e. The van der Waals surface area contributed by atoms with Crippen LogP contribution in [0.25, 0.3) is 6.08 Å². The van der Waals surface area contributed by atoms with E-state index in [9.17, 15) is 18.0 Å². The topological polar surface area (TPSA) is 54.9 Å². The van der Waals surface area contributed by atoms with E-state index in [1.165, 1.54) is 20.3 Å². The van der Waals surface area contributed by atoms with E-state index in [4.69, 9.17) is 32.7 Å². The predicted octanol–water partition coefficient (Wildman–Crippen LogP) is 4.79. The van der Waals surface area contributed by atoms with Crippen LogP contribution in [-0.2, 0) is 11.0 Å². The summed E-state index contributed by atoms with van der Waals surface area (Å²) in [5.41, 5.74) is -0.235. The van der Waals surface area contributed by atoms with E-state index in [1.807, 2.05) is 0 Å². The maximum Gasteiger partial charge on any atom is 0.417 e. The van der Waals surface area contributed by atoms with Gasteiger partial charge in [-0.2, -0.15) is 13.2 Å². The molecule has 0 spiro atoms. The molecule has 11 heteroatoms. The Morgan fingerprint density at radius 3 is 2.31 bits per heavy atom. The van der Waals surface area contributed by atoms with E-state index >= 15 is 0 Å². The second-order valence-corrected chi connectivity index (χ2v) is 7.73. The van der Waals surface area contributed by atoms with Gasteiger partial charge in [0.15, 0.2) is 11.5 Å². The number of piperazine rings is 1. The number of carbonyl (C=O) groups excluding carboxylic acids is 1. The average molecular weight is 490 g/mol. The molecule has 1 aromatic heterocycles. The number of hydrogen-bond acceptors (Lipinski definition) is 5. The molecule has 0 radical (unpaired) electrons. The monoisotopic (exact) mass is 489 g/mol. The number of ether oxygens (including phenoxy) is 2. The first-order chi connectivity index (χ1) is 15.1. The van der Waals surface area contributed by atoms with E-state index in [2.05, 4.69) is 4.98 Å². The van der Waals surface area contributed by atoms with Crippen LogP contribution >= 0.6 is 23.2 Å². The Hall–Kier alpha value is -2.65. The van der Waals surface area contributed by atoms with Crippen LogP contribution in [0.5, 0.6) is 11.5 Å². The van der Waals surface area contributed by atoms with Gasteiger partial charge < -0.3 is 19.3 Å². The van der Waals surface area contributed by atoms with Gasteiger partial charge in [-0.3, -0.25) is 4.79 Å². The summed E-state index contributed by atoms with van der Waals surface area (Å²) in [5.74, 6) is 0.912. The molecule has 1 fully saturated rings. The van der Waals surface area contributed by atoms with Crippen molar-refractivity contribution in [1.29, 1.82) is 0 Å². The molecular formula is C21H20Cl2F3N3O3. The van der Waals surface area contributed by atoms with Crippen molar-refractivity contribution in [1.82, 2.24) is 9.88 Å². The zero-order valence-electron chi connectivity index (χ0n) is 17.2. The van der Waals surface area contributed by atoms with Gasteiger partial charge in [0.2, 0.25) is 5.91 Å². The summed E-state index contributed by atoms with van der Waals surface area (Å²) in [6.45, 7) is 1.52. The Labute approximate surface area is 193 Å². The summed E-state index contributed by atoms with van der Waals surface area (Å²) < 4.78 is 48.8. The van der Waals surface area contributed by atoms with Crippen molar-refractivity contribution < 1.29 is 27.4 Å². The minimum Gasteiger partial charge on any atom is -0.493 e. The number of amides is 1. The summed E-state index contributed by atoms with van der Waals surface area (Å²) in [6, 6.07) is 4.21. The van der Waals surface area contributed by atoms with Crippen molar-refractivity contribution in [2.45, 2.75) is 6.18 Å². The van der Waals surface area contributed by atoms with Crippen molar-refractivity contribution in [3.05, 3.63) is 51.6 Å². The number of methoxy groups -OCH3 is 2. The standard InChI is InChI=1S/C21H20Cl2F3N3O3/c1-31-17-10-13(9-15(22)19(17)32-2)3-4-18(30)28-5-7-29(8-6-28)20-16(23)11-14(12-27-20)21(24,25)26/h3-4,9-12H,5-8H2,1-2H3/b4-3+. The number of rotatable bonds is 5. The van der Waals surface area contributed by atoms with Crippen LogP contribution in [0.2, 0.25) is 10.0 Å². The fourth-order valence-electron chi connectivity index (χ4n) is 3.26. The second-order valence-electron chi connectivity index (χ2n) is 6.91. The number of alkyl halides is 3. The third-order valence-electron chi connectivity index (χ3n) is 4.91. The lowest BCUT2D eigenvalue weighted by molar-refractivity contribution is -0.137. The number of aromatic nitrogens is 1. The maximum atomic E-state index is 12.8. The highest BCUT2D eigenvalue weighted by molar-refractivity contribution is 6.33. The van der Waals surface area contributed by atoms with E-state index in [1.54, 1.807) is 28.0 Å². The Bertz CT molecular complexity index is 1020. The first kappa shape index (κ1) is 24.0. The number of anilines is 1. The Balaban J connectivity index is 1.63. The summed E-state index contributed by atoms with van der Waals surface area (Å²) in [6.07, 6.45) is -0.700. The van der Waals surface area contributed by atoms with Crippen molar-refractivity contribution in [3.8, 4) is 11.5 Å². The molecule has 0 N–H and O–H groups in total. The van der Waals surface area contributed by atoms with E-state index in [0.29, 0.717) is 48.3 Å². The third kappa shape index (κ3) is 5.39. The zero-order chi connectivity index (χ0) is 23.5. The van der Waals surface area contributed by atoms with Crippen LogP contribution in [0, 0.1) is 0 Å². The number of benzene rings is 1. The molecular weight excluding hydrogens is 470 g/mol. The molecule has 32 heavy (non-hydrogen) atoms. The average Bonchev–Trinajstić information content (AvgIpc) is 2.76. The molecule has 3 rings (SSSR count). The third-order valence-corrected chi connectivity index (χ3v) is 5.47. The predicted molar refractivity (Wildman–Crippen MR) is 117 cm³/mol. The summed E-state index contributed by atoms with van der Waals surface area (Å²) in [5, 5.41) is 0.276. The van der Waals surface area contributed by atoms with Gasteiger partial charge in [-0.25, -0.2) is 4.98 Å².